The number of methoxy groups -OCH3 is 1. The highest BCUT2D eigenvalue weighted by molar-refractivity contribution is 7.89. The summed E-state index contributed by atoms with van der Waals surface area (Å²) in [5, 5.41) is 9.18. The fourth-order valence-corrected chi connectivity index (χ4v) is 3.79. The molecule has 30 heavy (non-hydrogen) atoms. The molecule has 0 saturated carbocycles. The van der Waals surface area contributed by atoms with Crippen LogP contribution in [0.25, 0.3) is 0 Å². The molecule has 9 nitrogen and oxygen atoms in total. The van der Waals surface area contributed by atoms with Crippen molar-refractivity contribution in [2.45, 2.75) is 32.1 Å². The lowest BCUT2D eigenvalue weighted by molar-refractivity contribution is 0.0696. The van der Waals surface area contributed by atoms with Gasteiger partial charge in [-0.25, -0.2) is 13.2 Å². The van der Waals surface area contributed by atoms with Gasteiger partial charge in [-0.3, -0.25) is 10.2 Å². The number of rotatable bonds is 9. The molecule has 162 valence electrons. The minimum Gasteiger partial charge on any atom is -0.493 e. The third-order valence-electron chi connectivity index (χ3n) is 4.34. The van der Waals surface area contributed by atoms with Crippen LogP contribution < -0.4 is 19.7 Å². The number of carbonyl (C=O) groups excluding carboxylic acids is 1. The Morgan fingerprint density at radius 3 is 2.37 bits per heavy atom. The van der Waals surface area contributed by atoms with Crippen molar-refractivity contribution in [3.05, 3.63) is 52.6 Å². The lowest BCUT2D eigenvalue weighted by Crippen LogP contribution is -2.41. The third-order valence-corrected chi connectivity index (χ3v) is 5.72. The monoisotopic (exact) mass is 436 g/mol. The van der Waals surface area contributed by atoms with Gasteiger partial charge in [0.15, 0.2) is 11.5 Å². The summed E-state index contributed by atoms with van der Waals surface area (Å²) in [4.78, 5) is 25.4. The molecule has 2 aromatic rings. The molecule has 10 heteroatoms. The van der Waals surface area contributed by atoms with Crippen molar-refractivity contribution in [2.24, 2.45) is 0 Å². The number of amides is 1. The van der Waals surface area contributed by atoms with Crippen LogP contribution in [0.3, 0.4) is 0 Å². The molecular weight excluding hydrogens is 412 g/mol. The molecule has 0 aliphatic heterocycles. The van der Waals surface area contributed by atoms with Crippen LogP contribution in [0.2, 0.25) is 0 Å². The maximum atomic E-state index is 12.6. The number of carboxylic acids is 1. The lowest BCUT2D eigenvalue weighted by atomic mass is 10.1. The maximum Gasteiger partial charge on any atom is 0.335 e. The van der Waals surface area contributed by atoms with Gasteiger partial charge in [-0.2, -0.15) is 0 Å². The number of aromatic carboxylic acids is 1. The minimum atomic E-state index is -4.21. The van der Waals surface area contributed by atoms with E-state index in [-0.39, 0.29) is 16.0 Å². The molecule has 2 aromatic carbocycles. The van der Waals surface area contributed by atoms with Crippen molar-refractivity contribution < 1.29 is 32.6 Å². The zero-order valence-corrected chi connectivity index (χ0v) is 17.9. The Balaban J connectivity index is 2.22. The van der Waals surface area contributed by atoms with E-state index >= 15 is 0 Å². The zero-order valence-electron chi connectivity index (χ0n) is 17.1. The topological polar surface area (TPSA) is 131 Å². The largest absolute Gasteiger partial charge is 0.493 e. The van der Waals surface area contributed by atoms with Gasteiger partial charge in [0.05, 0.1) is 24.2 Å². The number of sulfonamides is 1. The highest BCUT2D eigenvalue weighted by atomic mass is 32.2. The highest BCUT2D eigenvalue weighted by Gasteiger charge is 2.22. The van der Waals surface area contributed by atoms with Gasteiger partial charge in [0.2, 0.25) is 0 Å². The predicted octanol–water partition coefficient (Wildman–Crippen LogP) is 2.42. The maximum absolute atomic E-state index is 12.6. The SMILES string of the molecule is CCCOc1ccc(C(=O)NNS(=O)(=O)c2cc(C(=O)O)cc(C)c2C)cc1OC. The standard InChI is InChI=1S/C20H24N2O7S/c1-5-8-29-16-7-6-14(10-17(16)28-4)19(23)21-22-30(26,27)18-11-15(20(24)25)9-12(2)13(18)3/h6-7,9-11,22H,5,8H2,1-4H3,(H,21,23)(H,24,25). The number of ether oxygens (including phenoxy) is 2. The molecule has 2 rings (SSSR count). The van der Waals surface area contributed by atoms with E-state index in [0.717, 1.165) is 12.5 Å². The zero-order chi connectivity index (χ0) is 22.5. The number of hydrogen-bond acceptors (Lipinski definition) is 6. The van der Waals surface area contributed by atoms with E-state index in [1.165, 1.54) is 25.3 Å². The summed E-state index contributed by atoms with van der Waals surface area (Å²) in [6.45, 7) is 5.59. The average Bonchev–Trinajstić information content (AvgIpc) is 2.71. The Kier molecular flexibility index (Phi) is 7.41. The molecule has 0 saturated heterocycles. The first-order valence-corrected chi connectivity index (χ1v) is 10.6. The van der Waals surface area contributed by atoms with E-state index in [1.807, 2.05) is 11.8 Å². The van der Waals surface area contributed by atoms with Crippen LogP contribution in [0.1, 0.15) is 45.2 Å². The summed E-state index contributed by atoms with van der Waals surface area (Å²) in [5.41, 5.74) is 2.97. The predicted molar refractivity (Wildman–Crippen MR) is 109 cm³/mol. The van der Waals surface area contributed by atoms with Gasteiger partial charge >= 0.3 is 5.97 Å². The Morgan fingerprint density at radius 1 is 1.07 bits per heavy atom. The third kappa shape index (κ3) is 5.28. The fourth-order valence-electron chi connectivity index (χ4n) is 2.61. The lowest BCUT2D eigenvalue weighted by Gasteiger charge is -2.14. The second kappa shape index (κ2) is 9.59. The number of aryl methyl sites for hydroxylation is 1. The van der Waals surface area contributed by atoms with Crippen molar-refractivity contribution in [3.63, 3.8) is 0 Å². The van der Waals surface area contributed by atoms with Crippen molar-refractivity contribution in [1.82, 2.24) is 10.3 Å². The first-order chi connectivity index (χ1) is 14.1. The van der Waals surface area contributed by atoms with Gasteiger partial charge in [-0.1, -0.05) is 6.92 Å². The van der Waals surface area contributed by atoms with Crippen LogP contribution in [0.4, 0.5) is 0 Å². The summed E-state index contributed by atoms with van der Waals surface area (Å²) in [6.07, 6.45) is 0.801. The van der Waals surface area contributed by atoms with Gasteiger partial charge in [0.25, 0.3) is 15.9 Å². The molecule has 3 N–H and O–H groups in total. The minimum absolute atomic E-state index is 0.144. The Morgan fingerprint density at radius 2 is 1.77 bits per heavy atom. The Labute approximate surface area is 175 Å². The van der Waals surface area contributed by atoms with Crippen LogP contribution in [0.5, 0.6) is 11.5 Å². The average molecular weight is 436 g/mol. The molecule has 0 fully saturated rings. The molecule has 0 heterocycles. The molecule has 0 aliphatic carbocycles. The number of hydrogen-bond donors (Lipinski definition) is 3. The van der Waals surface area contributed by atoms with E-state index < -0.39 is 21.9 Å². The first-order valence-electron chi connectivity index (χ1n) is 9.08. The van der Waals surface area contributed by atoms with Gasteiger partial charge in [0, 0.05) is 5.56 Å². The molecule has 0 radical (unpaired) electrons. The van der Waals surface area contributed by atoms with Gasteiger partial charge in [-0.05, 0) is 61.7 Å². The van der Waals surface area contributed by atoms with Crippen LogP contribution in [0, 0.1) is 13.8 Å². The first kappa shape index (κ1) is 23.2. The Hall–Kier alpha value is -3.11. The number of carboxylic acid groups (broad SMARTS) is 1. The Bertz CT molecular complexity index is 1070. The molecular formula is C20H24N2O7S. The number of nitrogens with one attached hydrogen (secondary N) is 2. The van der Waals surface area contributed by atoms with Crippen LogP contribution in [-0.4, -0.2) is 39.1 Å². The van der Waals surface area contributed by atoms with Crippen molar-refractivity contribution in [1.29, 1.82) is 0 Å². The van der Waals surface area contributed by atoms with Crippen molar-refractivity contribution in [2.75, 3.05) is 13.7 Å². The summed E-state index contributed by atoms with van der Waals surface area (Å²) in [6, 6.07) is 6.88. The fraction of sp³-hybridized carbons (Fsp3) is 0.300. The summed E-state index contributed by atoms with van der Waals surface area (Å²) >= 11 is 0. The number of carbonyl (C=O) groups is 2. The van der Waals surface area contributed by atoms with Crippen LogP contribution in [-0.2, 0) is 10.0 Å². The van der Waals surface area contributed by atoms with E-state index in [0.29, 0.717) is 29.2 Å². The van der Waals surface area contributed by atoms with E-state index in [1.54, 1.807) is 19.9 Å². The van der Waals surface area contributed by atoms with E-state index in [2.05, 4.69) is 5.43 Å². The number of benzene rings is 2. The van der Waals surface area contributed by atoms with Gasteiger partial charge < -0.3 is 14.6 Å². The normalized spacial score (nSPS) is 11.1. The quantitative estimate of drug-likeness (QED) is 0.515. The van der Waals surface area contributed by atoms with E-state index in [9.17, 15) is 23.1 Å². The molecule has 0 aliphatic rings. The van der Waals surface area contributed by atoms with Crippen LogP contribution in [0.15, 0.2) is 35.2 Å². The highest BCUT2D eigenvalue weighted by Crippen LogP contribution is 2.28. The van der Waals surface area contributed by atoms with Crippen molar-refractivity contribution in [3.8, 4) is 11.5 Å². The molecule has 0 atom stereocenters. The number of hydrazine groups is 1. The van der Waals surface area contributed by atoms with Gasteiger partial charge in [0.1, 0.15) is 0 Å². The second-order valence-corrected chi connectivity index (χ2v) is 8.15. The summed E-state index contributed by atoms with van der Waals surface area (Å²) in [7, 11) is -2.78. The summed E-state index contributed by atoms with van der Waals surface area (Å²) < 4.78 is 36.0. The van der Waals surface area contributed by atoms with Crippen molar-refractivity contribution >= 4 is 21.9 Å². The van der Waals surface area contributed by atoms with Gasteiger partial charge in [-0.15, -0.1) is 4.83 Å². The molecule has 0 spiro atoms. The molecule has 0 unspecified atom stereocenters. The molecule has 0 bridgehead atoms. The second-order valence-electron chi connectivity index (χ2n) is 6.50. The van der Waals surface area contributed by atoms with E-state index in [4.69, 9.17) is 9.47 Å². The smallest absolute Gasteiger partial charge is 0.335 e. The van der Waals surface area contributed by atoms with Crippen LogP contribution >= 0.6 is 0 Å². The summed E-state index contributed by atoms with van der Waals surface area (Å²) in [5.74, 6) is -1.17. The molecule has 1 amide bonds. The molecule has 0 aromatic heterocycles.